The smallest absolute Gasteiger partial charge is 0.257 e. The zero-order chi connectivity index (χ0) is 14.7. The van der Waals surface area contributed by atoms with Crippen molar-refractivity contribution < 1.29 is 4.79 Å². The minimum Gasteiger partial charge on any atom is -0.323 e. The maximum absolute atomic E-state index is 12.3. The lowest BCUT2D eigenvalue weighted by Crippen LogP contribution is -2.17. The Bertz CT molecular complexity index is 641. The number of anilines is 2. The molecule has 0 aliphatic carbocycles. The molecule has 0 spiro atoms. The van der Waals surface area contributed by atoms with Gasteiger partial charge < -0.3 is 10.7 Å². The van der Waals surface area contributed by atoms with E-state index in [9.17, 15) is 4.79 Å². The summed E-state index contributed by atoms with van der Waals surface area (Å²) in [5.74, 6) is 4.95. The zero-order valence-electron chi connectivity index (χ0n) is 10.1. The third-order valence-corrected chi connectivity index (χ3v) is 3.45. The van der Waals surface area contributed by atoms with Crippen molar-refractivity contribution in [2.24, 2.45) is 5.84 Å². The number of hydrogen-bond acceptors (Lipinski definition) is 3. The number of carbonyl (C=O) groups is 1. The number of para-hydroxylation sites is 1. The number of nitrogens with one attached hydrogen (secondary N) is 2. The van der Waals surface area contributed by atoms with Gasteiger partial charge in [-0.2, -0.15) is 0 Å². The first-order chi connectivity index (χ1) is 9.52. The van der Waals surface area contributed by atoms with Crippen molar-refractivity contribution in [3.63, 3.8) is 0 Å². The van der Waals surface area contributed by atoms with Crippen molar-refractivity contribution in [2.75, 3.05) is 10.7 Å². The summed E-state index contributed by atoms with van der Waals surface area (Å²) >= 11 is 17.9. The van der Waals surface area contributed by atoms with Crippen molar-refractivity contribution in [1.82, 2.24) is 0 Å². The van der Waals surface area contributed by atoms with E-state index in [0.29, 0.717) is 26.4 Å². The van der Waals surface area contributed by atoms with E-state index in [4.69, 9.17) is 40.6 Å². The highest BCUT2D eigenvalue weighted by Crippen LogP contribution is 2.31. The number of rotatable bonds is 3. The maximum atomic E-state index is 12.3. The minimum atomic E-state index is -0.421. The van der Waals surface area contributed by atoms with Crippen LogP contribution in [-0.2, 0) is 0 Å². The second-order valence-corrected chi connectivity index (χ2v) is 5.14. The summed E-state index contributed by atoms with van der Waals surface area (Å²) in [4.78, 5) is 12.3. The predicted molar refractivity (Wildman–Crippen MR) is 83.7 cm³/mol. The molecule has 0 aromatic heterocycles. The maximum Gasteiger partial charge on any atom is 0.257 e. The van der Waals surface area contributed by atoms with E-state index in [1.165, 1.54) is 6.07 Å². The fraction of sp³-hybridized carbons (Fsp3) is 0. The molecule has 0 bridgehead atoms. The summed E-state index contributed by atoms with van der Waals surface area (Å²) in [7, 11) is 0. The van der Waals surface area contributed by atoms with Gasteiger partial charge in [-0.25, -0.2) is 0 Å². The first-order valence-corrected chi connectivity index (χ1v) is 6.68. The lowest BCUT2D eigenvalue weighted by atomic mass is 10.1. The van der Waals surface area contributed by atoms with Crippen LogP contribution < -0.4 is 16.6 Å². The number of hydrogen-bond donors (Lipinski definition) is 3. The molecule has 0 aliphatic rings. The Morgan fingerprint density at radius 3 is 2.30 bits per heavy atom. The van der Waals surface area contributed by atoms with Gasteiger partial charge in [0.25, 0.3) is 5.91 Å². The van der Waals surface area contributed by atoms with Crippen LogP contribution in [0.15, 0.2) is 36.4 Å². The van der Waals surface area contributed by atoms with Crippen molar-refractivity contribution >= 4 is 52.1 Å². The summed E-state index contributed by atoms with van der Waals surface area (Å²) in [6.07, 6.45) is 0. The predicted octanol–water partition coefficient (Wildman–Crippen LogP) is 4.18. The van der Waals surface area contributed by atoms with Gasteiger partial charge in [-0.05, 0) is 30.3 Å². The van der Waals surface area contributed by atoms with Crippen LogP contribution in [0.2, 0.25) is 15.1 Å². The van der Waals surface area contributed by atoms with Gasteiger partial charge in [0.05, 0.1) is 27.0 Å². The highest BCUT2D eigenvalue weighted by atomic mass is 35.5. The van der Waals surface area contributed by atoms with Crippen LogP contribution >= 0.6 is 34.8 Å². The SMILES string of the molecule is NNc1ccc(Cl)cc1C(=O)Nc1c(Cl)cccc1Cl. The number of carbonyl (C=O) groups excluding carboxylic acids is 1. The molecule has 0 heterocycles. The summed E-state index contributed by atoms with van der Waals surface area (Å²) < 4.78 is 0. The summed E-state index contributed by atoms with van der Waals surface area (Å²) in [5.41, 5.74) is 3.50. The Labute approximate surface area is 130 Å². The van der Waals surface area contributed by atoms with E-state index in [1.807, 2.05) is 0 Å². The molecule has 20 heavy (non-hydrogen) atoms. The lowest BCUT2D eigenvalue weighted by molar-refractivity contribution is 0.102. The third-order valence-electron chi connectivity index (χ3n) is 2.58. The molecule has 2 aromatic carbocycles. The highest BCUT2D eigenvalue weighted by Gasteiger charge is 2.15. The number of nitrogens with two attached hydrogens (primary N) is 1. The standard InChI is InChI=1S/C13H10Cl3N3O/c14-7-4-5-11(19-17)8(6-7)13(20)18-12-9(15)2-1-3-10(12)16/h1-6,19H,17H2,(H,18,20). The van der Waals surface area contributed by atoms with Crippen LogP contribution in [0.25, 0.3) is 0 Å². The molecule has 2 rings (SSSR count). The van der Waals surface area contributed by atoms with E-state index in [-0.39, 0.29) is 5.56 Å². The molecular formula is C13H10Cl3N3O. The highest BCUT2D eigenvalue weighted by molar-refractivity contribution is 6.40. The van der Waals surface area contributed by atoms with E-state index < -0.39 is 5.91 Å². The lowest BCUT2D eigenvalue weighted by Gasteiger charge is -2.12. The van der Waals surface area contributed by atoms with Crippen molar-refractivity contribution in [2.45, 2.75) is 0 Å². The van der Waals surface area contributed by atoms with Crippen LogP contribution in [0.5, 0.6) is 0 Å². The molecule has 0 fully saturated rings. The van der Waals surface area contributed by atoms with E-state index in [2.05, 4.69) is 10.7 Å². The molecule has 0 saturated heterocycles. The fourth-order valence-electron chi connectivity index (χ4n) is 1.63. The largest absolute Gasteiger partial charge is 0.323 e. The first-order valence-electron chi connectivity index (χ1n) is 5.54. The summed E-state index contributed by atoms with van der Waals surface area (Å²) in [5, 5.41) is 3.74. The molecule has 0 radical (unpaired) electrons. The quantitative estimate of drug-likeness (QED) is 0.584. The molecule has 2 aromatic rings. The topological polar surface area (TPSA) is 67.1 Å². The van der Waals surface area contributed by atoms with Crippen LogP contribution in [0, 0.1) is 0 Å². The van der Waals surface area contributed by atoms with Gasteiger partial charge in [-0.3, -0.25) is 10.6 Å². The Morgan fingerprint density at radius 1 is 1.05 bits per heavy atom. The number of nitrogen functional groups attached to an aromatic ring is 1. The average Bonchev–Trinajstić information content (AvgIpc) is 2.43. The molecule has 0 unspecified atom stereocenters. The van der Waals surface area contributed by atoms with Gasteiger partial charge in [-0.1, -0.05) is 40.9 Å². The minimum absolute atomic E-state index is 0.288. The number of amides is 1. The Kier molecular flexibility index (Phi) is 4.73. The molecule has 1 amide bonds. The van der Waals surface area contributed by atoms with Crippen LogP contribution in [0.3, 0.4) is 0 Å². The van der Waals surface area contributed by atoms with Crippen LogP contribution in [0.1, 0.15) is 10.4 Å². The Hall–Kier alpha value is -1.46. The zero-order valence-corrected chi connectivity index (χ0v) is 12.4. The van der Waals surface area contributed by atoms with E-state index in [1.54, 1.807) is 30.3 Å². The van der Waals surface area contributed by atoms with E-state index in [0.717, 1.165) is 0 Å². The Balaban J connectivity index is 2.35. The molecule has 0 saturated carbocycles. The fourth-order valence-corrected chi connectivity index (χ4v) is 2.29. The second-order valence-electron chi connectivity index (χ2n) is 3.89. The van der Waals surface area contributed by atoms with Gasteiger partial charge in [0.1, 0.15) is 0 Å². The molecule has 0 atom stereocenters. The van der Waals surface area contributed by atoms with Crippen LogP contribution in [-0.4, -0.2) is 5.91 Å². The monoisotopic (exact) mass is 329 g/mol. The van der Waals surface area contributed by atoms with Crippen molar-refractivity contribution in [3.8, 4) is 0 Å². The second kappa shape index (κ2) is 6.33. The number of hydrazine groups is 1. The van der Waals surface area contributed by atoms with E-state index >= 15 is 0 Å². The average molecular weight is 331 g/mol. The van der Waals surface area contributed by atoms with Gasteiger partial charge >= 0.3 is 0 Å². The normalized spacial score (nSPS) is 10.2. The molecule has 0 aliphatic heterocycles. The number of halogens is 3. The van der Waals surface area contributed by atoms with Crippen molar-refractivity contribution in [1.29, 1.82) is 0 Å². The summed E-state index contributed by atoms with van der Waals surface area (Å²) in [6, 6.07) is 9.66. The molecule has 4 N–H and O–H groups in total. The first kappa shape index (κ1) is 14.9. The molecule has 104 valence electrons. The van der Waals surface area contributed by atoms with Gasteiger partial charge in [0.2, 0.25) is 0 Å². The van der Waals surface area contributed by atoms with Crippen LogP contribution in [0.4, 0.5) is 11.4 Å². The third kappa shape index (κ3) is 3.16. The molecule has 4 nitrogen and oxygen atoms in total. The van der Waals surface area contributed by atoms with Gasteiger partial charge in [0.15, 0.2) is 0 Å². The summed E-state index contributed by atoms with van der Waals surface area (Å²) in [6.45, 7) is 0. The molecule has 7 heteroatoms. The molecular weight excluding hydrogens is 321 g/mol. The van der Waals surface area contributed by atoms with Gasteiger partial charge in [-0.15, -0.1) is 0 Å². The Morgan fingerprint density at radius 2 is 1.70 bits per heavy atom. The number of benzene rings is 2. The van der Waals surface area contributed by atoms with Gasteiger partial charge in [0, 0.05) is 5.02 Å². The van der Waals surface area contributed by atoms with Crippen molar-refractivity contribution in [3.05, 3.63) is 57.0 Å².